The Hall–Kier alpha value is -2.06. The summed E-state index contributed by atoms with van der Waals surface area (Å²) in [6.07, 6.45) is 1.62. The van der Waals surface area contributed by atoms with E-state index in [1.165, 1.54) is 0 Å². The molecule has 1 aromatic rings. The zero-order chi connectivity index (χ0) is 14.4. The second kappa shape index (κ2) is 6.76. The zero-order valence-electron chi connectivity index (χ0n) is 11.8. The number of nitrogens with one attached hydrogen (secondary N) is 1. The number of hydrogen-bond acceptors (Lipinski definition) is 3. The van der Waals surface area contributed by atoms with Crippen molar-refractivity contribution in [2.24, 2.45) is 7.05 Å². The van der Waals surface area contributed by atoms with Gasteiger partial charge in [0.25, 0.3) is 5.91 Å². The molecule has 5 heteroatoms. The largest absolute Gasteiger partial charge is 0.383 e. The van der Waals surface area contributed by atoms with E-state index in [1.807, 2.05) is 37.6 Å². The molecule has 0 spiro atoms. The Kier molecular flexibility index (Phi) is 5.34. The Morgan fingerprint density at radius 1 is 1.58 bits per heavy atom. The third-order valence-corrected chi connectivity index (χ3v) is 3.07. The summed E-state index contributed by atoms with van der Waals surface area (Å²) in [6, 6.07) is 3.89. The average Bonchev–Trinajstić information content (AvgIpc) is 2.63. The second-order valence-corrected chi connectivity index (χ2v) is 4.30. The van der Waals surface area contributed by atoms with Crippen molar-refractivity contribution in [3.8, 4) is 6.07 Å². The fraction of sp³-hybridized carbons (Fsp3) is 0.429. The molecule has 1 rings (SSSR count). The van der Waals surface area contributed by atoms with E-state index in [4.69, 9.17) is 10.00 Å². The lowest BCUT2D eigenvalue weighted by atomic mass is 10.1. The molecule has 5 nitrogen and oxygen atoms in total. The smallest absolute Gasteiger partial charge is 0.262 e. The van der Waals surface area contributed by atoms with E-state index in [0.717, 1.165) is 17.0 Å². The molecule has 0 atom stereocenters. The lowest BCUT2D eigenvalue weighted by Gasteiger charge is -2.03. The molecule has 0 radical (unpaired) electrons. The molecule has 102 valence electrons. The minimum absolute atomic E-state index is 0.102. The molecule has 0 saturated carbocycles. The van der Waals surface area contributed by atoms with Gasteiger partial charge in [0.05, 0.1) is 6.61 Å². The molecule has 0 bridgehead atoms. The first kappa shape index (κ1) is 15.0. The quantitative estimate of drug-likeness (QED) is 0.493. The highest BCUT2D eigenvalue weighted by Gasteiger charge is 2.11. The van der Waals surface area contributed by atoms with E-state index in [0.29, 0.717) is 13.2 Å². The summed E-state index contributed by atoms with van der Waals surface area (Å²) in [5.74, 6) is -0.375. The summed E-state index contributed by atoms with van der Waals surface area (Å²) in [5.41, 5.74) is 3.10. The molecule has 1 amide bonds. The van der Waals surface area contributed by atoms with Gasteiger partial charge in [-0.1, -0.05) is 0 Å². The lowest BCUT2D eigenvalue weighted by Crippen LogP contribution is -2.27. The molecule has 1 aromatic heterocycles. The fourth-order valence-corrected chi connectivity index (χ4v) is 1.70. The molecule has 0 aliphatic heterocycles. The minimum Gasteiger partial charge on any atom is -0.383 e. The van der Waals surface area contributed by atoms with Crippen molar-refractivity contribution in [3.63, 3.8) is 0 Å². The van der Waals surface area contributed by atoms with Crippen molar-refractivity contribution in [1.82, 2.24) is 9.88 Å². The van der Waals surface area contributed by atoms with E-state index >= 15 is 0 Å². The third kappa shape index (κ3) is 3.70. The van der Waals surface area contributed by atoms with Crippen LogP contribution >= 0.6 is 0 Å². The number of amides is 1. The number of aryl methyl sites for hydroxylation is 1. The molecule has 1 heterocycles. The number of hydrogen-bond donors (Lipinski definition) is 1. The normalized spacial score (nSPS) is 11.2. The van der Waals surface area contributed by atoms with Gasteiger partial charge in [0.1, 0.15) is 11.6 Å². The maximum absolute atomic E-state index is 11.8. The predicted molar refractivity (Wildman–Crippen MR) is 73.4 cm³/mol. The first-order chi connectivity index (χ1) is 9.01. The van der Waals surface area contributed by atoms with Crippen molar-refractivity contribution >= 4 is 12.0 Å². The molecule has 0 saturated heterocycles. The van der Waals surface area contributed by atoms with E-state index in [1.54, 1.807) is 13.2 Å². The van der Waals surface area contributed by atoms with Gasteiger partial charge in [-0.15, -0.1) is 0 Å². The van der Waals surface area contributed by atoms with Crippen molar-refractivity contribution in [2.75, 3.05) is 20.3 Å². The molecule has 0 aromatic carbocycles. The Morgan fingerprint density at radius 3 is 2.74 bits per heavy atom. The van der Waals surface area contributed by atoms with Gasteiger partial charge >= 0.3 is 0 Å². The van der Waals surface area contributed by atoms with Gasteiger partial charge in [-0.25, -0.2) is 0 Å². The summed E-state index contributed by atoms with van der Waals surface area (Å²) in [4.78, 5) is 11.8. The minimum atomic E-state index is -0.375. The van der Waals surface area contributed by atoms with E-state index in [2.05, 4.69) is 5.32 Å². The highest BCUT2D eigenvalue weighted by Crippen LogP contribution is 2.16. The summed E-state index contributed by atoms with van der Waals surface area (Å²) in [7, 11) is 3.51. The third-order valence-electron chi connectivity index (χ3n) is 3.07. The van der Waals surface area contributed by atoms with Crippen LogP contribution in [0.25, 0.3) is 6.08 Å². The Balaban J connectivity index is 2.90. The highest BCUT2D eigenvalue weighted by atomic mass is 16.5. The summed E-state index contributed by atoms with van der Waals surface area (Å²) in [5, 5.41) is 11.7. The van der Waals surface area contributed by atoms with Gasteiger partial charge in [-0.3, -0.25) is 4.79 Å². The number of nitriles is 1. The Morgan fingerprint density at radius 2 is 2.26 bits per heavy atom. The van der Waals surface area contributed by atoms with Crippen LogP contribution in [0.15, 0.2) is 11.6 Å². The van der Waals surface area contributed by atoms with Crippen LogP contribution in [0.2, 0.25) is 0 Å². The molecule has 0 unspecified atom stereocenters. The van der Waals surface area contributed by atoms with Crippen molar-refractivity contribution in [2.45, 2.75) is 13.8 Å². The highest BCUT2D eigenvalue weighted by molar-refractivity contribution is 6.01. The molecule has 19 heavy (non-hydrogen) atoms. The van der Waals surface area contributed by atoms with Gasteiger partial charge in [0, 0.05) is 32.1 Å². The molecule has 1 N–H and O–H groups in total. The molecule has 0 aliphatic carbocycles. The number of carbonyl (C=O) groups excluding carboxylic acids is 1. The topological polar surface area (TPSA) is 67.0 Å². The predicted octanol–water partition coefficient (Wildman–Crippen LogP) is 1.31. The summed E-state index contributed by atoms with van der Waals surface area (Å²) >= 11 is 0. The van der Waals surface area contributed by atoms with Crippen molar-refractivity contribution in [3.05, 3.63) is 28.6 Å². The van der Waals surface area contributed by atoms with Crippen LogP contribution in [0.3, 0.4) is 0 Å². The maximum Gasteiger partial charge on any atom is 0.262 e. The number of carbonyl (C=O) groups is 1. The van der Waals surface area contributed by atoms with E-state index in [-0.39, 0.29) is 11.5 Å². The number of aromatic nitrogens is 1. The first-order valence-electron chi connectivity index (χ1n) is 6.03. The van der Waals surface area contributed by atoms with Gasteiger partial charge in [0.2, 0.25) is 0 Å². The fourth-order valence-electron chi connectivity index (χ4n) is 1.70. The van der Waals surface area contributed by atoms with Crippen LogP contribution in [0.4, 0.5) is 0 Å². The van der Waals surface area contributed by atoms with Crippen LogP contribution in [0.5, 0.6) is 0 Å². The van der Waals surface area contributed by atoms with Crippen molar-refractivity contribution in [1.29, 1.82) is 5.26 Å². The number of nitrogens with zero attached hydrogens (tertiary/aromatic N) is 2. The number of ether oxygens (including phenoxy) is 1. The van der Waals surface area contributed by atoms with E-state index < -0.39 is 0 Å². The zero-order valence-corrected chi connectivity index (χ0v) is 11.8. The van der Waals surface area contributed by atoms with Crippen LogP contribution in [0.1, 0.15) is 17.0 Å². The van der Waals surface area contributed by atoms with E-state index in [9.17, 15) is 4.79 Å². The summed E-state index contributed by atoms with van der Waals surface area (Å²) in [6.45, 7) is 4.75. The molecule has 0 aliphatic rings. The van der Waals surface area contributed by atoms with Gasteiger partial charge in [-0.05, 0) is 31.6 Å². The number of rotatable bonds is 5. The molecule has 0 fully saturated rings. The Bertz CT molecular complexity index is 536. The van der Waals surface area contributed by atoms with Gasteiger partial charge < -0.3 is 14.6 Å². The van der Waals surface area contributed by atoms with Crippen LogP contribution in [0, 0.1) is 25.2 Å². The van der Waals surface area contributed by atoms with Crippen molar-refractivity contribution < 1.29 is 9.53 Å². The molecular formula is C14H19N3O2. The standard InChI is InChI=1S/C14H19N3O2/c1-10-7-12(11(2)17(10)3)8-13(9-15)14(18)16-5-6-19-4/h7-8H,5-6H2,1-4H3,(H,16,18)/b13-8+. The second-order valence-electron chi connectivity index (χ2n) is 4.30. The Labute approximate surface area is 113 Å². The van der Waals surface area contributed by atoms with Crippen LogP contribution in [-0.2, 0) is 16.6 Å². The average molecular weight is 261 g/mol. The van der Waals surface area contributed by atoms with Gasteiger partial charge in [-0.2, -0.15) is 5.26 Å². The van der Waals surface area contributed by atoms with Crippen LogP contribution in [-0.4, -0.2) is 30.7 Å². The SMILES string of the molecule is COCCNC(=O)/C(C#N)=C/c1cc(C)n(C)c1C. The van der Waals surface area contributed by atoms with Gasteiger partial charge in [0.15, 0.2) is 0 Å². The maximum atomic E-state index is 11.8. The number of methoxy groups -OCH3 is 1. The summed E-state index contributed by atoms with van der Waals surface area (Å²) < 4.78 is 6.86. The molecular weight excluding hydrogens is 242 g/mol. The first-order valence-corrected chi connectivity index (χ1v) is 6.03. The monoisotopic (exact) mass is 261 g/mol. The van der Waals surface area contributed by atoms with Crippen LogP contribution < -0.4 is 5.32 Å². The lowest BCUT2D eigenvalue weighted by molar-refractivity contribution is -0.117.